The van der Waals surface area contributed by atoms with Crippen molar-refractivity contribution < 1.29 is 36.7 Å². The molecule has 7 nitrogen and oxygen atoms in total. The molecule has 35 heavy (non-hydrogen) atoms. The van der Waals surface area contributed by atoms with Crippen LogP contribution in [0.25, 0.3) is 11.0 Å². The Labute approximate surface area is 196 Å². The van der Waals surface area contributed by atoms with Crippen LogP contribution in [0.15, 0.2) is 71.1 Å². The SMILES string of the molecule is O=C(Nc1c(C(=O)Nc2ccc3c(c2)OCCO3)oc2ccccc12)c1cccc(C(F)(F)F)c1. The summed E-state index contributed by atoms with van der Waals surface area (Å²) in [7, 11) is 0. The van der Waals surface area contributed by atoms with Crippen LogP contribution in [0, 0.1) is 0 Å². The molecule has 2 heterocycles. The van der Waals surface area contributed by atoms with Gasteiger partial charge in [0.1, 0.15) is 24.5 Å². The highest BCUT2D eigenvalue weighted by atomic mass is 19.4. The van der Waals surface area contributed by atoms with Gasteiger partial charge in [0.2, 0.25) is 5.76 Å². The molecule has 1 aliphatic heterocycles. The second-order valence-corrected chi connectivity index (χ2v) is 7.65. The molecule has 0 aliphatic carbocycles. The smallest absolute Gasteiger partial charge is 0.416 e. The van der Waals surface area contributed by atoms with E-state index < -0.39 is 23.6 Å². The third kappa shape index (κ3) is 4.50. The number of carbonyl (C=O) groups is 2. The monoisotopic (exact) mass is 482 g/mol. The molecular formula is C25H17F3N2O5. The van der Waals surface area contributed by atoms with Crippen molar-refractivity contribution in [2.45, 2.75) is 6.18 Å². The Morgan fingerprint density at radius 3 is 2.37 bits per heavy atom. The van der Waals surface area contributed by atoms with Crippen molar-refractivity contribution >= 4 is 34.2 Å². The molecule has 2 N–H and O–H groups in total. The average molecular weight is 482 g/mol. The fourth-order valence-corrected chi connectivity index (χ4v) is 3.66. The minimum Gasteiger partial charge on any atom is -0.486 e. The van der Waals surface area contributed by atoms with E-state index in [0.717, 1.165) is 18.2 Å². The summed E-state index contributed by atoms with van der Waals surface area (Å²) in [4.78, 5) is 25.9. The number of furan rings is 1. The second-order valence-electron chi connectivity index (χ2n) is 7.65. The Balaban J connectivity index is 1.46. The van der Waals surface area contributed by atoms with E-state index in [2.05, 4.69) is 10.6 Å². The van der Waals surface area contributed by atoms with Gasteiger partial charge in [-0.15, -0.1) is 0 Å². The summed E-state index contributed by atoms with van der Waals surface area (Å²) in [5.74, 6) is -0.682. The van der Waals surface area contributed by atoms with Crippen LogP contribution >= 0.6 is 0 Å². The van der Waals surface area contributed by atoms with E-state index in [1.54, 1.807) is 42.5 Å². The molecule has 0 spiro atoms. The number of rotatable bonds is 4. The number of carbonyl (C=O) groups excluding carboxylic acids is 2. The minimum absolute atomic E-state index is 0.0399. The molecule has 3 aromatic carbocycles. The molecule has 0 saturated heterocycles. The number of halogens is 3. The molecule has 1 aromatic heterocycles. The lowest BCUT2D eigenvalue weighted by Gasteiger charge is -2.18. The number of alkyl halides is 3. The first kappa shape index (κ1) is 22.3. The van der Waals surface area contributed by atoms with E-state index in [0.29, 0.717) is 41.4 Å². The van der Waals surface area contributed by atoms with E-state index >= 15 is 0 Å². The van der Waals surface area contributed by atoms with Crippen molar-refractivity contribution in [2.24, 2.45) is 0 Å². The number of benzene rings is 3. The standard InChI is InChI=1S/C25H17F3N2O5/c26-25(27,28)15-5-3-4-14(12-15)23(31)30-21-17-6-1-2-7-18(17)35-22(21)24(32)29-16-8-9-19-20(13-16)34-11-10-33-19/h1-9,12-13H,10-11H2,(H,29,32)(H,30,31). The molecule has 0 radical (unpaired) electrons. The van der Waals surface area contributed by atoms with Crippen LogP contribution in [-0.2, 0) is 6.18 Å². The third-order valence-corrected chi connectivity index (χ3v) is 5.29. The summed E-state index contributed by atoms with van der Waals surface area (Å²) in [5, 5.41) is 5.64. The van der Waals surface area contributed by atoms with E-state index in [-0.39, 0.29) is 17.0 Å². The highest BCUT2D eigenvalue weighted by Gasteiger charge is 2.31. The maximum Gasteiger partial charge on any atom is 0.416 e. The normalized spacial score (nSPS) is 12.9. The van der Waals surface area contributed by atoms with Gasteiger partial charge in [-0.05, 0) is 42.5 Å². The second kappa shape index (κ2) is 8.71. The maximum atomic E-state index is 13.1. The average Bonchev–Trinajstić information content (AvgIpc) is 3.22. The zero-order valence-corrected chi connectivity index (χ0v) is 17.9. The number of nitrogens with one attached hydrogen (secondary N) is 2. The molecule has 10 heteroatoms. The molecule has 0 saturated carbocycles. The van der Waals surface area contributed by atoms with Gasteiger partial charge in [0.05, 0.1) is 5.56 Å². The molecule has 4 aromatic rings. The molecule has 178 valence electrons. The van der Waals surface area contributed by atoms with Gasteiger partial charge >= 0.3 is 6.18 Å². The van der Waals surface area contributed by atoms with Crippen LogP contribution in [0.4, 0.5) is 24.5 Å². The maximum absolute atomic E-state index is 13.1. The number of anilines is 2. The first-order valence-electron chi connectivity index (χ1n) is 10.5. The van der Waals surface area contributed by atoms with Crippen molar-refractivity contribution in [1.29, 1.82) is 0 Å². The number of para-hydroxylation sites is 1. The molecule has 0 fully saturated rings. The Bertz CT molecular complexity index is 1440. The first-order chi connectivity index (χ1) is 16.8. The van der Waals surface area contributed by atoms with E-state index in [1.807, 2.05) is 0 Å². The van der Waals surface area contributed by atoms with Crippen molar-refractivity contribution in [1.82, 2.24) is 0 Å². The van der Waals surface area contributed by atoms with Crippen molar-refractivity contribution in [3.8, 4) is 11.5 Å². The Hall–Kier alpha value is -4.47. The van der Waals surface area contributed by atoms with E-state index in [1.165, 1.54) is 6.07 Å². The fourth-order valence-electron chi connectivity index (χ4n) is 3.66. The van der Waals surface area contributed by atoms with Gasteiger partial charge in [0.25, 0.3) is 11.8 Å². The summed E-state index contributed by atoms with van der Waals surface area (Å²) >= 11 is 0. The molecule has 0 atom stereocenters. The summed E-state index contributed by atoms with van der Waals surface area (Å²) < 4.78 is 55.9. The van der Waals surface area contributed by atoms with Gasteiger partial charge in [-0.25, -0.2) is 0 Å². The lowest BCUT2D eigenvalue weighted by atomic mass is 10.1. The fraction of sp³-hybridized carbons (Fsp3) is 0.120. The highest BCUT2D eigenvalue weighted by Crippen LogP contribution is 2.35. The molecule has 5 rings (SSSR count). The molecule has 0 unspecified atom stereocenters. The zero-order valence-electron chi connectivity index (χ0n) is 17.9. The Morgan fingerprint density at radius 2 is 1.57 bits per heavy atom. The zero-order chi connectivity index (χ0) is 24.6. The lowest BCUT2D eigenvalue weighted by molar-refractivity contribution is -0.137. The topological polar surface area (TPSA) is 89.8 Å². The van der Waals surface area contributed by atoms with Crippen molar-refractivity contribution in [3.63, 3.8) is 0 Å². The predicted molar refractivity (Wildman–Crippen MR) is 121 cm³/mol. The molecule has 2 amide bonds. The van der Waals surface area contributed by atoms with Gasteiger partial charge in [-0.2, -0.15) is 13.2 Å². The highest BCUT2D eigenvalue weighted by molar-refractivity contribution is 6.17. The van der Waals surface area contributed by atoms with Crippen LogP contribution < -0.4 is 20.1 Å². The van der Waals surface area contributed by atoms with Gasteiger partial charge in [-0.1, -0.05) is 18.2 Å². The van der Waals surface area contributed by atoms with Crippen molar-refractivity contribution in [3.05, 3.63) is 83.6 Å². The van der Waals surface area contributed by atoms with Gasteiger partial charge in [-0.3, -0.25) is 9.59 Å². The van der Waals surface area contributed by atoms with E-state index in [4.69, 9.17) is 13.9 Å². The number of ether oxygens (including phenoxy) is 2. The number of fused-ring (bicyclic) bond motifs is 2. The summed E-state index contributed by atoms with van der Waals surface area (Å²) in [6.07, 6.45) is -4.60. The van der Waals surface area contributed by atoms with Crippen LogP contribution in [0.5, 0.6) is 11.5 Å². The van der Waals surface area contributed by atoms with Crippen LogP contribution in [-0.4, -0.2) is 25.0 Å². The van der Waals surface area contributed by atoms with E-state index in [9.17, 15) is 22.8 Å². The molecular weight excluding hydrogens is 465 g/mol. The quantitative estimate of drug-likeness (QED) is 0.388. The lowest BCUT2D eigenvalue weighted by Crippen LogP contribution is -2.18. The predicted octanol–water partition coefficient (Wildman–Crippen LogP) is 5.73. The molecule has 0 bridgehead atoms. The van der Waals surface area contributed by atoms with Crippen LogP contribution in [0.3, 0.4) is 0 Å². The van der Waals surface area contributed by atoms with Crippen LogP contribution in [0.2, 0.25) is 0 Å². The summed E-state index contributed by atoms with van der Waals surface area (Å²) in [6.45, 7) is 0.798. The largest absolute Gasteiger partial charge is 0.486 e. The minimum atomic E-state index is -4.60. The third-order valence-electron chi connectivity index (χ3n) is 5.29. The van der Waals surface area contributed by atoms with Gasteiger partial charge in [0, 0.05) is 22.7 Å². The van der Waals surface area contributed by atoms with Crippen molar-refractivity contribution in [2.75, 3.05) is 23.8 Å². The number of amides is 2. The Kier molecular flexibility index (Phi) is 5.56. The first-order valence-corrected chi connectivity index (χ1v) is 10.5. The summed E-state index contributed by atoms with van der Waals surface area (Å²) in [5.41, 5.74) is -0.422. The van der Waals surface area contributed by atoms with Gasteiger partial charge < -0.3 is 24.5 Å². The number of hydrogen-bond acceptors (Lipinski definition) is 5. The van der Waals surface area contributed by atoms with Gasteiger partial charge in [0.15, 0.2) is 11.5 Å². The number of hydrogen-bond donors (Lipinski definition) is 2. The Morgan fingerprint density at radius 1 is 0.800 bits per heavy atom. The summed E-state index contributed by atoms with van der Waals surface area (Å²) in [6, 6.07) is 15.5. The van der Waals surface area contributed by atoms with Crippen LogP contribution in [0.1, 0.15) is 26.5 Å². The molecule has 1 aliphatic rings.